The molecule has 1 amide bonds. The molecule has 1 aliphatic carbocycles. The SMILES string of the molecule is Cc1ccc2c(c1)N(C(=O)Cn1c(=O)n(C3CC3)c(=O)c3nscc31)CCO2. The number of rotatable bonds is 3. The van der Waals surface area contributed by atoms with E-state index in [1.54, 1.807) is 10.3 Å². The van der Waals surface area contributed by atoms with Gasteiger partial charge in [-0.1, -0.05) is 6.07 Å². The number of nitrogens with zero attached hydrogens (tertiary/aromatic N) is 4. The first-order valence-corrected chi connectivity index (χ1v) is 10.0. The summed E-state index contributed by atoms with van der Waals surface area (Å²) in [6.45, 7) is 2.62. The first-order chi connectivity index (χ1) is 13.5. The van der Waals surface area contributed by atoms with Gasteiger partial charge in [-0.25, -0.2) is 4.79 Å². The molecule has 0 radical (unpaired) electrons. The molecule has 9 heteroatoms. The molecular formula is C19H18N4O4S. The summed E-state index contributed by atoms with van der Waals surface area (Å²) in [5.74, 6) is 0.439. The summed E-state index contributed by atoms with van der Waals surface area (Å²) in [5.41, 5.74) is 1.60. The zero-order chi connectivity index (χ0) is 19.4. The van der Waals surface area contributed by atoms with E-state index >= 15 is 0 Å². The predicted molar refractivity (Wildman–Crippen MR) is 105 cm³/mol. The lowest BCUT2D eigenvalue weighted by Gasteiger charge is -2.30. The smallest absolute Gasteiger partial charge is 0.332 e. The molecule has 144 valence electrons. The fourth-order valence-electron chi connectivity index (χ4n) is 3.62. The molecule has 1 aromatic carbocycles. The number of benzene rings is 1. The number of ether oxygens (including phenoxy) is 1. The molecule has 2 aromatic heterocycles. The van der Waals surface area contributed by atoms with Crippen molar-refractivity contribution in [3.05, 3.63) is 50.0 Å². The Morgan fingerprint density at radius 2 is 2.14 bits per heavy atom. The number of anilines is 1. The summed E-state index contributed by atoms with van der Waals surface area (Å²) in [6.07, 6.45) is 1.60. The Kier molecular flexibility index (Phi) is 3.87. The number of carbonyl (C=O) groups excluding carboxylic acids is 1. The second-order valence-electron chi connectivity index (χ2n) is 7.19. The third-order valence-electron chi connectivity index (χ3n) is 5.18. The van der Waals surface area contributed by atoms with Gasteiger partial charge in [0.15, 0.2) is 5.52 Å². The van der Waals surface area contributed by atoms with Gasteiger partial charge in [0, 0.05) is 11.4 Å². The van der Waals surface area contributed by atoms with Gasteiger partial charge in [-0.3, -0.25) is 18.7 Å². The summed E-state index contributed by atoms with van der Waals surface area (Å²) < 4.78 is 12.4. The van der Waals surface area contributed by atoms with E-state index in [4.69, 9.17) is 4.74 Å². The third kappa shape index (κ3) is 2.65. The molecule has 0 saturated heterocycles. The average molecular weight is 398 g/mol. The van der Waals surface area contributed by atoms with Crippen molar-refractivity contribution in [3.8, 4) is 5.75 Å². The average Bonchev–Trinajstić information content (AvgIpc) is 3.39. The van der Waals surface area contributed by atoms with E-state index in [1.807, 2.05) is 25.1 Å². The van der Waals surface area contributed by atoms with Crippen LogP contribution in [0.5, 0.6) is 5.75 Å². The maximum atomic E-state index is 13.1. The van der Waals surface area contributed by atoms with Crippen molar-refractivity contribution in [2.75, 3.05) is 18.1 Å². The van der Waals surface area contributed by atoms with Crippen molar-refractivity contribution >= 4 is 34.2 Å². The number of carbonyl (C=O) groups is 1. The maximum absolute atomic E-state index is 13.1. The monoisotopic (exact) mass is 398 g/mol. The van der Waals surface area contributed by atoms with Gasteiger partial charge in [-0.2, -0.15) is 4.37 Å². The van der Waals surface area contributed by atoms with E-state index < -0.39 is 5.69 Å². The molecule has 0 bridgehead atoms. The lowest BCUT2D eigenvalue weighted by molar-refractivity contribution is -0.119. The van der Waals surface area contributed by atoms with Gasteiger partial charge < -0.3 is 9.64 Å². The molecule has 1 aliphatic heterocycles. The molecule has 1 saturated carbocycles. The number of aromatic nitrogens is 3. The minimum atomic E-state index is -0.439. The summed E-state index contributed by atoms with van der Waals surface area (Å²) in [5, 5.41) is 1.65. The van der Waals surface area contributed by atoms with E-state index in [0.717, 1.165) is 29.9 Å². The van der Waals surface area contributed by atoms with Crippen LogP contribution < -0.4 is 20.9 Å². The van der Waals surface area contributed by atoms with Crippen molar-refractivity contribution in [1.82, 2.24) is 13.5 Å². The maximum Gasteiger partial charge on any atom is 0.332 e. The van der Waals surface area contributed by atoms with Crippen molar-refractivity contribution in [3.63, 3.8) is 0 Å². The van der Waals surface area contributed by atoms with Gasteiger partial charge in [0.2, 0.25) is 5.91 Å². The Balaban J connectivity index is 1.58. The van der Waals surface area contributed by atoms with Crippen LogP contribution in [0.25, 0.3) is 11.0 Å². The molecule has 3 aromatic rings. The van der Waals surface area contributed by atoms with Gasteiger partial charge in [0.25, 0.3) is 5.56 Å². The molecule has 0 atom stereocenters. The van der Waals surface area contributed by atoms with Crippen molar-refractivity contribution in [2.45, 2.75) is 32.4 Å². The van der Waals surface area contributed by atoms with E-state index in [0.29, 0.717) is 30.1 Å². The molecule has 0 N–H and O–H groups in total. The highest BCUT2D eigenvalue weighted by Gasteiger charge is 2.31. The Morgan fingerprint density at radius 3 is 2.93 bits per heavy atom. The zero-order valence-electron chi connectivity index (χ0n) is 15.3. The van der Waals surface area contributed by atoms with E-state index in [9.17, 15) is 14.4 Å². The van der Waals surface area contributed by atoms with Crippen molar-refractivity contribution in [2.24, 2.45) is 0 Å². The molecule has 1 fully saturated rings. The highest BCUT2D eigenvalue weighted by molar-refractivity contribution is 7.04. The summed E-state index contributed by atoms with van der Waals surface area (Å²) in [6, 6.07) is 5.61. The minimum absolute atomic E-state index is 0.0841. The molecule has 5 rings (SSSR count). The Morgan fingerprint density at radius 1 is 1.32 bits per heavy atom. The molecule has 28 heavy (non-hydrogen) atoms. The number of aryl methyl sites for hydroxylation is 1. The normalized spacial score (nSPS) is 16.1. The van der Waals surface area contributed by atoms with Crippen molar-refractivity contribution in [1.29, 1.82) is 0 Å². The Bertz CT molecular complexity index is 1220. The fourth-order valence-corrected chi connectivity index (χ4v) is 4.29. The highest BCUT2D eigenvalue weighted by Crippen LogP contribution is 2.33. The first kappa shape index (κ1) is 17.2. The van der Waals surface area contributed by atoms with Crippen LogP contribution in [0.3, 0.4) is 0 Å². The second kappa shape index (κ2) is 6.30. The zero-order valence-corrected chi connectivity index (χ0v) is 16.1. The van der Waals surface area contributed by atoms with Gasteiger partial charge in [-0.05, 0) is 49.0 Å². The standard InChI is InChI=1S/C19H18N4O4S/c1-11-2-5-15-13(8-11)21(6-7-27-15)16(24)9-22-14-10-28-20-17(14)18(25)23(19(22)26)12-3-4-12/h2,5,8,10,12H,3-4,6-7,9H2,1H3. The van der Waals surface area contributed by atoms with Crippen LogP contribution in [0.1, 0.15) is 24.4 Å². The quantitative estimate of drug-likeness (QED) is 0.670. The van der Waals surface area contributed by atoms with Crippen LogP contribution in [0.4, 0.5) is 5.69 Å². The van der Waals surface area contributed by atoms with Gasteiger partial charge >= 0.3 is 5.69 Å². The van der Waals surface area contributed by atoms with E-state index in [1.165, 1.54) is 9.13 Å². The molecule has 2 aliphatic rings. The van der Waals surface area contributed by atoms with Gasteiger partial charge in [0.1, 0.15) is 18.9 Å². The Hall–Kier alpha value is -2.94. The molecule has 0 unspecified atom stereocenters. The Labute approximate surface area is 163 Å². The number of hydrogen-bond donors (Lipinski definition) is 0. The first-order valence-electron chi connectivity index (χ1n) is 9.18. The van der Waals surface area contributed by atoms with Crippen LogP contribution >= 0.6 is 11.5 Å². The number of amides is 1. The lowest BCUT2D eigenvalue weighted by Crippen LogP contribution is -2.45. The van der Waals surface area contributed by atoms with Crippen molar-refractivity contribution < 1.29 is 9.53 Å². The number of fused-ring (bicyclic) bond motifs is 2. The van der Waals surface area contributed by atoms with E-state index in [-0.39, 0.29) is 29.6 Å². The van der Waals surface area contributed by atoms with Crippen LogP contribution in [-0.2, 0) is 11.3 Å². The third-order valence-corrected chi connectivity index (χ3v) is 5.80. The summed E-state index contributed by atoms with van der Waals surface area (Å²) in [7, 11) is 0. The number of hydrogen-bond acceptors (Lipinski definition) is 6. The summed E-state index contributed by atoms with van der Waals surface area (Å²) >= 11 is 1.12. The predicted octanol–water partition coefficient (Wildman–Crippen LogP) is 1.69. The molecule has 3 heterocycles. The molecular weight excluding hydrogens is 380 g/mol. The second-order valence-corrected chi connectivity index (χ2v) is 7.82. The van der Waals surface area contributed by atoms with Gasteiger partial charge in [-0.15, -0.1) is 0 Å². The van der Waals surface area contributed by atoms with E-state index in [2.05, 4.69) is 4.37 Å². The largest absolute Gasteiger partial charge is 0.490 e. The van der Waals surface area contributed by atoms with Crippen LogP contribution in [0.2, 0.25) is 0 Å². The fraction of sp³-hybridized carbons (Fsp3) is 0.368. The van der Waals surface area contributed by atoms with Gasteiger partial charge in [0.05, 0.1) is 17.7 Å². The summed E-state index contributed by atoms with van der Waals surface area (Å²) in [4.78, 5) is 40.4. The topological polar surface area (TPSA) is 86.4 Å². The molecule has 0 spiro atoms. The lowest BCUT2D eigenvalue weighted by atomic mass is 10.1. The van der Waals surface area contributed by atoms with Crippen LogP contribution in [0, 0.1) is 6.92 Å². The minimum Gasteiger partial charge on any atom is -0.490 e. The molecule has 8 nitrogen and oxygen atoms in total. The highest BCUT2D eigenvalue weighted by atomic mass is 32.1. The van der Waals surface area contributed by atoms with Crippen LogP contribution in [0.15, 0.2) is 33.2 Å². The van der Waals surface area contributed by atoms with Crippen LogP contribution in [-0.4, -0.2) is 32.6 Å².